The second-order valence-corrected chi connectivity index (χ2v) is 6.24. The fourth-order valence-corrected chi connectivity index (χ4v) is 3.23. The monoisotopic (exact) mass is 347 g/mol. The maximum absolute atomic E-state index is 12.3. The first-order valence-electron chi connectivity index (χ1n) is 8.26. The number of amides is 3. The predicted molar refractivity (Wildman–Crippen MR) is 90.9 cm³/mol. The van der Waals surface area contributed by atoms with Crippen molar-refractivity contribution < 1.29 is 24.2 Å². The molecule has 0 radical (unpaired) electrons. The van der Waals surface area contributed by atoms with Gasteiger partial charge in [-0.2, -0.15) is 0 Å². The number of rotatable bonds is 4. The third kappa shape index (κ3) is 3.52. The first-order valence-corrected chi connectivity index (χ1v) is 8.26. The first-order chi connectivity index (χ1) is 12.0. The Morgan fingerprint density at radius 1 is 1.32 bits per heavy atom. The highest BCUT2D eigenvalue weighted by Gasteiger charge is 2.31. The zero-order chi connectivity index (χ0) is 18.0. The lowest BCUT2D eigenvalue weighted by Crippen LogP contribution is -2.33. The van der Waals surface area contributed by atoms with E-state index in [9.17, 15) is 14.4 Å². The second-order valence-electron chi connectivity index (χ2n) is 6.24. The van der Waals surface area contributed by atoms with Gasteiger partial charge >= 0.3 is 12.0 Å². The summed E-state index contributed by atoms with van der Waals surface area (Å²) in [4.78, 5) is 38.4. The van der Waals surface area contributed by atoms with E-state index < -0.39 is 11.9 Å². The van der Waals surface area contributed by atoms with Crippen LogP contribution in [0.1, 0.15) is 19.3 Å². The van der Waals surface area contributed by atoms with E-state index in [1.54, 1.807) is 23.1 Å². The van der Waals surface area contributed by atoms with E-state index in [0.717, 1.165) is 6.42 Å². The summed E-state index contributed by atoms with van der Waals surface area (Å²) < 4.78 is 5.37. The lowest BCUT2D eigenvalue weighted by molar-refractivity contribution is -0.141. The predicted octanol–water partition coefficient (Wildman–Crippen LogP) is 1.76. The first kappa shape index (κ1) is 17.1. The highest BCUT2D eigenvalue weighted by molar-refractivity contribution is 5.97. The SMILES string of the molecule is COc1cc(NC(=O)N2CCC(C(=O)O)C2)ccc1N1CCCC1=O. The molecule has 25 heavy (non-hydrogen) atoms. The Morgan fingerprint density at radius 3 is 2.72 bits per heavy atom. The Labute approximate surface area is 145 Å². The van der Waals surface area contributed by atoms with Gasteiger partial charge in [-0.05, 0) is 25.0 Å². The Balaban J connectivity index is 1.70. The maximum Gasteiger partial charge on any atom is 0.321 e. The number of benzene rings is 1. The number of likely N-dealkylation sites (tertiary alicyclic amines) is 1. The van der Waals surface area contributed by atoms with Crippen LogP contribution in [0.2, 0.25) is 0 Å². The van der Waals surface area contributed by atoms with Crippen LogP contribution in [0.15, 0.2) is 18.2 Å². The number of nitrogens with one attached hydrogen (secondary N) is 1. The number of hydrogen-bond acceptors (Lipinski definition) is 4. The number of carboxylic acid groups (broad SMARTS) is 1. The minimum atomic E-state index is -0.878. The summed E-state index contributed by atoms with van der Waals surface area (Å²) in [5.74, 6) is -0.815. The second kappa shape index (κ2) is 7.00. The highest BCUT2D eigenvalue weighted by Crippen LogP contribution is 2.34. The van der Waals surface area contributed by atoms with Crippen molar-refractivity contribution in [3.63, 3.8) is 0 Å². The molecule has 1 atom stereocenters. The minimum Gasteiger partial charge on any atom is -0.494 e. The van der Waals surface area contributed by atoms with Crippen molar-refractivity contribution in [2.45, 2.75) is 19.3 Å². The number of anilines is 2. The third-order valence-corrected chi connectivity index (χ3v) is 4.62. The average Bonchev–Trinajstić information content (AvgIpc) is 3.24. The van der Waals surface area contributed by atoms with Crippen molar-refractivity contribution >= 4 is 29.3 Å². The summed E-state index contributed by atoms with van der Waals surface area (Å²) in [6, 6.07) is 4.80. The van der Waals surface area contributed by atoms with Crippen molar-refractivity contribution in [3.8, 4) is 5.75 Å². The topological polar surface area (TPSA) is 99.2 Å². The van der Waals surface area contributed by atoms with E-state index in [-0.39, 0.29) is 18.5 Å². The summed E-state index contributed by atoms with van der Waals surface area (Å²) in [5.41, 5.74) is 1.23. The summed E-state index contributed by atoms with van der Waals surface area (Å²) >= 11 is 0. The minimum absolute atomic E-state index is 0.0619. The molecule has 0 bridgehead atoms. The molecule has 0 saturated carbocycles. The molecular formula is C17H21N3O5. The maximum atomic E-state index is 12.3. The van der Waals surface area contributed by atoms with Crippen LogP contribution in [0.4, 0.5) is 16.2 Å². The number of hydrogen-bond donors (Lipinski definition) is 2. The third-order valence-electron chi connectivity index (χ3n) is 4.62. The molecule has 1 unspecified atom stereocenters. The number of nitrogens with zero attached hydrogens (tertiary/aromatic N) is 2. The van der Waals surface area contributed by atoms with E-state index in [4.69, 9.17) is 9.84 Å². The van der Waals surface area contributed by atoms with Crippen LogP contribution in [-0.4, -0.2) is 54.7 Å². The molecule has 2 aliphatic heterocycles. The number of carbonyl (C=O) groups excluding carboxylic acids is 2. The van der Waals surface area contributed by atoms with Crippen LogP contribution in [-0.2, 0) is 9.59 Å². The van der Waals surface area contributed by atoms with Gasteiger partial charge in [0.05, 0.1) is 18.7 Å². The summed E-state index contributed by atoms with van der Waals surface area (Å²) in [6.07, 6.45) is 1.81. The van der Waals surface area contributed by atoms with Crippen molar-refractivity contribution in [3.05, 3.63) is 18.2 Å². The summed E-state index contributed by atoms with van der Waals surface area (Å²) in [5, 5.41) is 11.8. The van der Waals surface area contributed by atoms with E-state index in [1.807, 2.05) is 0 Å². The van der Waals surface area contributed by atoms with Gasteiger partial charge in [0.25, 0.3) is 0 Å². The van der Waals surface area contributed by atoms with Crippen molar-refractivity contribution in [2.75, 3.05) is 37.0 Å². The van der Waals surface area contributed by atoms with Crippen LogP contribution in [0.3, 0.4) is 0 Å². The van der Waals surface area contributed by atoms with E-state index in [0.29, 0.717) is 43.1 Å². The molecule has 2 N–H and O–H groups in total. The fourth-order valence-electron chi connectivity index (χ4n) is 3.23. The van der Waals surface area contributed by atoms with Gasteiger partial charge < -0.3 is 25.0 Å². The smallest absolute Gasteiger partial charge is 0.321 e. The molecule has 1 aromatic rings. The molecular weight excluding hydrogens is 326 g/mol. The molecule has 8 heteroatoms. The molecule has 2 aliphatic rings. The number of aliphatic carboxylic acids is 1. The molecule has 0 aliphatic carbocycles. The van der Waals surface area contributed by atoms with Crippen LogP contribution in [0.25, 0.3) is 0 Å². The summed E-state index contributed by atoms with van der Waals surface area (Å²) in [7, 11) is 1.52. The molecule has 2 fully saturated rings. The largest absolute Gasteiger partial charge is 0.494 e. The van der Waals surface area contributed by atoms with Crippen molar-refractivity contribution in [1.29, 1.82) is 0 Å². The average molecular weight is 347 g/mol. The Morgan fingerprint density at radius 2 is 2.12 bits per heavy atom. The van der Waals surface area contributed by atoms with Gasteiger partial charge in [0.1, 0.15) is 5.75 Å². The van der Waals surface area contributed by atoms with Gasteiger partial charge in [0, 0.05) is 37.8 Å². The molecule has 2 saturated heterocycles. The molecule has 0 aromatic heterocycles. The lowest BCUT2D eigenvalue weighted by Gasteiger charge is -2.21. The number of carboxylic acids is 1. The molecule has 1 aromatic carbocycles. The van der Waals surface area contributed by atoms with E-state index in [1.165, 1.54) is 12.0 Å². The molecule has 3 amide bonds. The van der Waals surface area contributed by atoms with Crippen LogP contribution in [0, 0.1) is 5.92 Å². The van der Waals surface area contributed by atoms with Gasteiger partial charge in [-0.3, -0.25) is 9.59 Å². The fraction of sp³-hybridized carbons (Fsp3) is 0.471. The number of methoxy groups -OCH3 is 1. The van der Waals surface area contributed by atoms with Gasteiger partial charge in [-0.25, -0.2) is 4.79 Å². The van der Waals surface area contributed by atoms with Crippen LogP contribution in [0.5, 0.6) is 5.75 Å². The summed E-state index contributed by atoms with van der Waals surface area (Å²) in [6.45, 7) is 1.28. The Hall–Kier alpha value is -2.77. The van der Waals surface area contributed by atoms with Gasteiger partial charge in [0.15, 0.2) is 0 Å². The molecule has 2 heterocycles. The van der Waals surface area contributed by atoms with Gasteiger partial charge in [-0.1, -0.05) is 0 Å². The lowest BCUT2D eigenvalue weighted by atomic mass is 10.1. The number of carbonyl (C=O) groups is 3. The highest BCUT2D eigenvalue weighted by atomic mass is 16.5. The van der Waals surface area contributed by atoms with Crippen LogP contribution >= 0.6 is 0 Å². The molecule has 0 spiro atoms. The van der Waals surface area contributed by atoms with Crippen LogP contribution < -0.4 is 15.0 Å². The molecule has 8 nitrogen and oxygen atoms in total. The van der Waals surface area contributed by atoms with Crippen molar-refractivity contribution in [1.82, 2.24) is 4.90 Å². The van der Waals surface area contributed by atoms with Gasteiger partial charge in [-0.15, -0.1) is 0 Å². The molecule has 134 valence electrons. The van der Waals surface area contributed by atoms with Gasteiger partial charge in [0.2, 0.25) is 5.91 Å². The number of ether oxygens (including phenoxy) is 1. The standard InChI is InChI=1S/C17H21N3O5/c1-25-14-9-12(4-5-13(14)20-7-2-3-15(20)21)18-17(24)19-8-6-11(10-19)16(22)23/h4-5,9,11H,2-3,6-8,10H2,1H3,(H,18,24)(H,22,23). The Kier molecular flexibility index (Phi) is 4.78. The molecule has 3 rings (SSSR count). The Bertz CT molecular complexity index is 706. The normalized spacial score (nSPS) is 20.0. The van der Waals surface area contributed by atoms with Crippen molar-refractivity contribution in [2.24, 2.45) is 5.92 Å². The quantitative estimate of drug-likeness (QED) is 0.865. The van der Waals surface area contributed by atoms with E-state index in [2.05, 4.69) is 5.32 Å². The van der Waals surface area contributed by atoms with E-state index >= 15 is 0 Å². The zero-order valence-electron chi connectivity index (χ0n) is 14.0. The zero-order valence-corrected chi connectivity index (χ0v) is 14.0. The number of urea groups is 1.